The van der Waals surface area contributed by atoms with Crippen molar-refractivity contribution in [2.24, 2.45) is 5.73 Å². The lowest BCUT2D eigenvalue weighted by Crippen LogP contribution is -2.44. The van der Waals surface area contributed by atoms with E-state index in [1.807, 2.05) is 0 Å². The lowest BCUT2D eigenvalue weighted by atomic mass is 9.94. The summed E-state index contributed by atoms with van der Waals surface area (Å²) in [7, 11) is 0. The minimum atomic E-state index is -1.42. The highest BCUT2D eigenvalue weighted by Crippen LogP contribution is 2.30. The fourth-order valence-corrected chi connectivity index (χ4v) is 3.10. The number of likely N-dealkylation sites (tertiary alicyclic amines) is 1. The topological polar surface area (TPSA) is 29.3 Å². The summed E-state index contributed by atoms with van der Waals surface area (Å²) in [4.78, 5) is 2.20. The highest BCUT2D eigenvalue weighted by atomic mass is 19.2. The summed E-state index contributed by atoms with van der Waals surface area (Å²) in [5.41, 5.74) is 6.23. The number of piperidine rings is 1. The number of nitrogens with two attached hydrogens (primary N) is 1. The van der Waals surface area contributed by atoms with Crippen LogP contribution in [0.5, 0.6) is 0 Å². The maximum atomic E-state index is 13.4. The molecule has 2 rings (SSSR count). The van der Waals surface area contributed by atoms with Crippen LogP contribution in [0.15, 0.2) is 12.1 Å². The molecule has 0 aromatic heterocycles. The average Bonchev–Trinajstić information content (AvgIpc) is 2.46. The van der Waals surface area contributed by atoms with Gasteiger partial charge in [0.1, 0.15) is 0 Å². The maximum Gasteiger partial charge on any atom is 0.194 e. The number of halogens is 3. The van der Waals surface area contributed by atoms with Gasteiger partial charge in [-0.05, 0) is 43.5 Å². The molecule has 1 heterocycles. The molecule has 1 aromatic carbocycles. The molecule has 1 aromatic rings. The molecule has 20 heavy (non-hydrogen) atoms. The summed E-state index contributed by atoms with van der Waals surface area (Å²) in [6.45, 7) is 3.23. The lowest BCUT2D eigenvalue weighted by molar-refractivity contribution is 0.0945. The van der Waals surface area contributed by atoms with Crippen molar-refractivity contribution < 1.29 is 13.2 Å². The third-order valence-corrected chi connectivity index (χ3v) is 4.16. The number of hydrogen-bond acceptors (Lipinski definition) is 2. The minimum absolute atomic E-state index is 0.259. The third-order valence-electron chi connectivity index (χ3n) is 4.16. The predicted octanol–water partition coefficient (Wildman–Crippen LogP) is 3.37. The molecule has 5 heteroatoms. The van der Waals surface area contributed by atoms with Crippen molar-refractivity contribution in [1.29, 1.82) is 0 Å². The van der Waals surface area contributed by atoms with E-state index in [0.717, 1.165) is 37.9 Å². The molecular weight excluding hydrogens is 265 g/mol. The van der Waals surface area contributed by atoms with Crippen LogP contribution in [0.1, 0.15) is 44.2 Å². The first-order valence-corrected chi connectivity index (χ1v) is 7.18. The summed E-state index contributed by atoms with van der Waals surface area (Å²) in [6, 6.07) is 2.24. The number of hydrogen-bond donors (Lipinski definition) is 1. The van der Waals surface area contributed by atoms with Gasteiger partial charge < -0.3 is 5.73 Å². The largest absolute Gasteiger partial charge is 0.329 e. The van der Waals surface area contributed by atoms with Gasteiger partial charge >= 0.3 is 0 Å². The summed E-state index contributed by atoms with van der Waals surface area (Å²) in [5, 5.41) is 0. The normalized spacial score (nSPS) is 21.9. The van der Waals surface area contributed by atoms with E-state index in [0.29, 0.717) is 11.6 Å². The quantitative estimate of drug-likeness (QED) is 0.860. The van der Waals surface area contributed by atoms with Gasteiger partial charge in [0.25, 0.3) is 0 Å². The van der Waals surface area contributed by atoms with Crippen LogP contribution in [0.3, 0.4) is 0 Å². The zero-order valence-corrected chi connectivity index (χ0v) is 11.7. The van der Waals surface area contributed by atoms with Gasteiger partial charge in [0.2, 0.25) is 0 Å². The fraction of sp³-hybridized carbons (Fsp3) is 0.600. The van der Waals surface area contributed by atoms with Gasteiger partial charge in [0.15, 0.2) is 17.5 Å². The van der Waals surface area contributed by atoms with Crippen molar-refractivity contribution in [1.82, 2.24) is 4.90 Å². The average molecular weight is 286 g/mol. The van der Waals surface area contributed by atoms with E-state index < -0.39 is 17.5 Å². The molecule has 1 fully saturated rings. The van der Waals surface area contributed by atoms with E-state index in [-0.39, 0.29) is 12.6 Å². The Morgan fingerprint density at radius 3 is 2.45 bits per heavy atom. The molecule has 0 amide bonds. The van der Waals surface area contributed by atoms with Crippen molar-refractivity contribution in [3.63, 3.8) is 0 Å². The second-order valence-electron chi connectivity index (χ2n) is 5.35. The van der Waals surface area contributed by atoms with Crippen LogP contribution in [0, 0.1) is 17.5 Å². The van der Waals surface area contributed by atoms with E-state index in [1.165, 1.54) is 6.42 Å². The van der Waals surface area contributed by atoms with Crippen molar-refractivity contribution >= 4 is 0 Å². The molecule has 1 aliphatic heterocycles. The second kappa shape index (κ2) is 6.59. The Morgan fingerprint density at radius 2 is 1.90 bits per heavy atom. The SMILES string of the molecule is CCC1CCCCN1C(CN)c1cc(F)c(F)c(F)c1. The van der Waals surface area contributed by atoms with Crippen molar-refractivity contribution in [2.75, 3.05) is 13.1 Å². The van der Waals surface area contributed by atoms with Gasteiger partial charge in [-0.3, -0.25) is 4.90 Å². The summed E-state index contributed by atoms with van der Waals surface area (Å²) in [5.74, 6) is -3.72. The highest BCUT2D eigenvalue weighted by Gasteiger charge is 2.29. The van der Waals surface area contributed by atoms with Crippen LogP contribution < -0.4 is 5.73 Å². The van der Waals surface area contributed by atoms with Crippen molar-refractivity contribution in [3.8, 4) is 0 Å². The van der Waals surface area contributed by atoms with Crippen molar-refractivity contribution in [3.05, 3.63) is 35.1 Å². The standard InChI is InChI=1S/C15H21F3N2/c1-2-11-5-3-4-6-20(11)14(9-19)10-7-12(16)15(18)13(17)8-10/h7-8,11,14H,2-6,9,19H2,1H3. The maximum absolute atomic E-state index is 13.4. The Kier molecular flexibility index (Phi) is 5.05. The van der Waals surface area contributed by atoms with Crippen LogP contribution in [0.2, 0.25) is 0 Å². The highest BCUT2D eigenvalue weighted by molar-refractivity contribution is 5.23. The molecule has 0 spiro atoms. The van der Waals surface area contributed by atoms with Gasteiger partial charge in [-0.1, -0.05) is 13.3 Å². The van der Waals surface area contributed by atoms with Crippen LogP contribution in [0.4, 0.5) is 13.2 Å². The summed E-state index contributed by atoms with van der Waals surface area (Å²) >= 11 is 0. The van der Waals surface area contributed by atoms with E-state index in [2.05, 4.69) is 11.8 Å². The van der Waals surface area contributed by atoms with Gasteiger partial charge in [0, 0.05) is 18.6 Å². The summed E-state index contributed by atoms with van der Waals surface area (Å²) in [6.07, 6.45) is 4.26. The fourth-order valence-electron chi connectivity index (χ4n) is 3.10. The third kappa shape index (κ3) is 2.99. The Morgan fingerprint density at radius 1 is 1.25 bits per heavy atom. The van der Waals surface area contributed by atoms with Crippen LogP contribution in [-0.4, -0.2) is 24.0 Å². The number of rotatable bonds is 4. The molecular formula is C15H21F3N2. The molecule has 2 N–H and O–H groups in total. The summed E-state index contributed by atoms with van der Waals surface area (Å²) < 4.78 is 39.9. The van der Waals surface area contributed by atoms with Crippen LogP contribution in [0.25, 0.3) is 0 Å². The van der Waals surface area contributed by atoms with Crippen molar-refractivity contribution in [2.45, 2.75) is 44.7 Å². The molecule has 1 aliphatic rings. The van der Waals surface area contributed by atoms with Gasteiger partial charge in [-0.2, -0.15) is 0 Å². The van der Waals surface area contributed by atoms with E-state index in [1.54, 1.807) is 0 Å². The van der Waals surface area contributed by atoms with Gasteiger partial charge in [-0.25, -0.2) is 13.2 Å². The van der Waals surface area contributed by atoms with E-state index >= 15 is 0 Å². The number of benzene rings is 1. The Labute approximate surface area is 117 Å². The first-order chi connectivity index (χ1) is 9.58. The number of nitrogens with zero attached hydrogens (tertiary/aromatic N) is 1. The van der Waals surface area contributed by atoms with Crippen LogP contribution >= 0.6 is 0 Å². The zero-order chi connectivity index (χ0) is 14.7. The second-order valence-corrected chi connectivity index (χ2v) is 5.35. The first kappa shape index (κ1) is 15.3. The lowest BCUT2D eigenvalue weighted by Gasteiger charge is -2.40. The smallest absolute Gasteiger partial charge is 0.194 e. The minimum Gasteiger partial charge on any atom is -0.329 e. The van der Waals surface area contributed by atoms with Gasteiger partial charge in [-0.15, -0.1) is 0 Å². The predicted molar refractivity (Wildman–Crippen MR) is 72.7 cm³/mol. The molecule has 0 radical (unpaired) electrons. The van der Waals surface area contributed by atoms with Crippen LogP contribution in [-0.2, 0) is 0 Å². The van der Waals surface area contributed by atoms with Gasteiger partial charge in [0.05, 0.1) is 0 Å². The molecule has 2 unspecified atom stereocenters. The Hall–Kier alpha value is -1.07. The molecule has 2 atom stereocenters. The first-order valence-electron chi connectivity index (χ1n) is 7.18. The molecule has 0 aliphatic carbocycles. The molecule has 0 saturated carbocycles. The molecule has 2 nitrogen and oxygen atoms in total. The molecule has 0 bridgehead atoms. The zero-order valence-electron chi connectivity index (χ0n) is 11.7. The molecule has 1 saturated heterocycles. The van der Waals surface area contributed by atoms with E-state index in [9.17, 15) is 13.2 Å². The monoisotopic (exact) mass is 286 g/mol. The Balaban J connectivity index is 2.31. The Bertz CT molecular complexity index is 441. The molecule has 112 valence electrons. The van der Waals surface area contributed by atoms with E-state index in [4.69, 9.17) is 5.73 Å².